The van der Waals surface area contributed by atoms with Gasteiger partial charge in [0.1, 0.15) is 11.5 Å². The number of hydrogen-bond donors (Lipinski definition) is 1. The normalized spacial score (nSPS) is 9.95. The molecule has 0 unspecified atom stereocenters. The van der Waals surface area contributed by atoms with E-state index in [-0.39, 0.29) is 5.78 Å². The van der Waals surface area contributed by atoms with Crippen LogP contribution in [0.2, 0.25) is 0 Å². The first-order valence-corrected chi connectivity index (χ1v) is 6.28. The van der Waals surface area contributed by atoms with Crippen molar-refractivity contribution in [2.45, 2.75) is 13.3 Å². The monoisotopic (exact) mass is 255 g/mol. The molecular weight excluding hydrogens is 238 g/mol. The summed E-state index contributed by atoms with van der Waals surface area (Å²) in [5.74, 6) is 0.919. The second-order valence-corrected chi connectivity index (χ2v) is 4.32. The first-order valence-electron chi connectivity index (χ1n) is 6.28. The summed E-state index contributed by atoms with van der Waals surface area (Å²) in [4.78, 5) is 10.8. The van der Waals surface area contributed by atoms with Crippen LogP contribution in [0.4, 0.5) is 11.4 Å². The molecule has 2 rings (SSSR count). The third-order valence-electron chi connectivity index (χ3n) is 2.64. The Morgan fingerprint density at radius 2 is 1.63 bits per heavy atom. The van der Waals surface area contributed by atoms with E-state index in [4.69, 9.17) is 4.74 Å². The van der Waals surface area contributed by atoms with Crippen LogP contribution >= 0.6 is 0 Å². The van der Waals surface area contributed by atoms with E-state index in [0.717, 1.165) is 17.1 Å². The topological polar surface area (TPSA) is 38.3 Å². The van der Waals surface area contributed by atoms with Gasteiger partial charge in [-0.1, -0.05) is 18.2 Å². The molecular formula is C16H17NO2. The standard InChI is InChI=1S/C16H17NO2/c1-13(18)11-12-19-16-9-7-15(8-10-16)17-14-5-3-2-4-6-14/h2-10,17H,11-12H2,1H3. The second kappa shape index (κ2) is 6.59. The molecule has 0 aliphatic carbocycles. The van der Waals surface area contributed by atoms with Gasteiger partial charge in [-0.15, -0.1) is 0 Å². The van der Waals surface area contributed by atoms with Gasteiger partial charge in [0, 0.05) is 17.8 Å². The zero-order valence-electron chi connectivity index (χ0n) is 10.9. The Kier molecular flexibility index (Phi) is 4.56. The fourth-order valence-corrected chi connectivity index (χ4v) is 1.64. The van der Waals surface area contributed by atoms with Gasteiger partial charge in [0.15, 0.2) is 0 Å². The number of benzene rings is 2. The Hall–Kier alpha value is -2.29. The van der Waals surface area contributed by atoms with Gasteiger partial charge in [0.2, 0.25) is 0 Å². The number of Topliss-reactive ketones (excluding diaryl/α,β-unsaturated/α-hetero) is 1. The van der Waals surface area contributed by atoms with Gasteiger partial charge in [-0.2, -0.15) is 0 Å². The van der Waals surface area contributed by atoms with Gasteiger partial charge < -0.3 is 10.1 Å². The summed E-state index contributed by atoms with van der Waals surface area (Å²) in [5.41, 5.74) is 2.05. The van der Waals surface area contributed by atoms with E-state index in [2.05, 4.69) is 5.32 Å². The van der Waals surface area contributed by atoms with Crippen LogP contribution in [0.1, 0.15) is 13.3 Å². The summed E-state index contributed by atoms with van der Waals surface area (Å²) in [6, 6.07) is 17.7. The van der Waals surface area contributed by atoms with Crippen molar-refractivity contribution in [1.29, 1.82) is 0 Å². The minimum Gasteiger partial charge on any atom is -0.493 e. The molecule has 0 fully saturated rings. The fourth-order valence-electron chi connectivity index (χ4n) is 1.64. The Morgan fingerprint density at radius 1 is 1.00 bits per heavy atom. The Morgan fingerprint density at radius 3 is 2.26 bits per heavy atom. The minimum atomic E-state index is 0.141. The molecule has 0 radical (unpaired) electrons. The van der Waals surface area contributed by atoms with E-state index in [1.807, 2.05) is 54.6 Å². The van der Waals surface area contributed by atoms with Crippen molar-refractivity contribution in [3.63, 3.8) is 0 Å². The van der Waals surface area contributed by atoms with Crippen LogP contribution in [0.25, 0.3) is 0 Å². The number of para-hydroxylation sites is 1. The fraction of sp³-hybridized carbons (Fsp3) is 0.188. The van der Waals surface area contributed by atoms with Crippen LogP contribution in [0.3, 0.4) is 0 Å². The predicted molar refractivity (Wildman–Crippen MR) is 77.0 cm³/mol. The smallest absolute Gasteiger partial charge is 0.133 e. The van der Waals surface area contributed by atoms with Crippen molar-refractivity contribution in [3.05, 3.63) is 54.6 Å². The van der Waals surface area contributed by atoms with Crippen LogP contribution in [0.15, 0.2) is 54.6 Å². The van der Waals surface area contributed by atoms with Crippen LogP contribution in [0, 0.1) is 0 Å². The number of carbonyl (C=O) groups excluding carboxylic acids is 1. The summed E-state index contributed by atoms with van der Waals surface area (Å²) in [5, 5.41) is 3.30. The SMILES string of the molecule is CC(=O)CCOc1ccc(Nc2ccccc2)cc1. The van der Waals surface area contributed by atoms with Crippen LogP contribution in [0.5, 0.6) is 5.75 Å². The van der Waals surface area contributed by atoms with Crippen LogP contribution in [-0.4, -0.2) is 12.4 Å². The van der Waals surface area contributed by atoms with Crippen molar-refractivity contribution >= 4 is 17.2 Å². The van der Waals surface area contributed by atoms with Gasteiger partial charge in [0.05, 0.1) is 6.61 Å². The molecule has 2 aromatic carbocycles. The molecule has 0 bridgehead atoms. The molecule has 1 N–H and O–H groups in total. The van der Waals surface area contributed by atoms with Gasteiger partial charge >= 0.3 is 0 Å². The van der Waals surface area contributed by atoms with E-state index in [1.54, 1.807) is 6.92 Å². The summed E-state index contributed by atoms with van der Waals surface area (Å²) < 4.78 is 5.47. The molecule has 98 valence electrons. The van der Waals surface area contributed by atoms with Crippen LogP contribution < -0.4 is 10.1 Å². The Labute approximate surface area is 113 Å². The third kappa shape index (κ3) is 4.47. The van der Waals surface area contributed by atoms with Crippen molar-refractivity contribution < 1.29 is 9.53 Å². The highest BCUT2D eigenvalue weighted by molar-refractivity contribution is 5.75. The minimum absolute atomic E-state index is 0.141. The Bertz CT molecular complexity index is 520. The lowest BCUT2D eigenvalue weighted by Gasteiger charge is -2.08. The highest BCUT2D eigenvalue weighted by atomic mass is 16.5. The van der Waals surface area contributed by atoms with Crippen LogP contribution in [-0.2, 0) is 4.79 Å². The van der Waals surface area contributed by atoms with Gasteiger partial charge in [-0.3, -0.25) is 4.79 Å². The largest absolute Gasteiger partial charge is 0.493 e. The molecule has 0 spiro atoms. The van der Waals surface area contributed by atoms with E-state index in [0.29, 0.717) is 13.0 Å². The molecule has 0 saturated carbocycles. The molecule has 0 saturated heterocycles. The number of nitrogens with one attached hydrogen (secondary N) is 1. The maximum Gasteiger partial charge on any atom is 0.133 e. The number of anilines is 2. The van der Waals surface area contributed by atoms with E-state index < -0.39 is 0 Å². The summed E-state index contributed by atoms with van der Waals surface area (Å²) in [6.45, 7) is 2.00. The number of ketones is 1. The number of rotatable bonds is 6. The average Bonchev–Trinajstić information content (AvgIpc) is 2.42. The highest BCUT2D eigenvalue weighted by Crippen LogP contribution is 2.19. The maximum atomic E-state index is 10.8. The van der Waals surface area contributed by atoms with Crippen molar-refractivity contribution in [2.24, 2.45) is 0 Å². The zero-order chi connectivity index (χ0) is 13.5. The molecule has 0 aliphatic heterocycles. The predicted octanol–water partition coefficient (Wildman–Crippen LogP) is 3.79. The maximum absolute atomic E-state index is 10.8. The molecule has 19 heavy (non-hydrogen) atoms. The lowest BCUT2D eigenvalue weighted by Crippen LogP contribution is -2.02. The first-order chi connectivity index (χ1) is 9.24. The molecule has 3 heteroatoms. The van der Waals surface area contributed by atoms with Crippen molar-refractivity contribution in [3.8, 4) is 5.75 Å². The lowest BCUT2D eigenvalue weighted by molar-refractivity contribution is -0.117. The quantitative estimate of drug-likeness (QED) is 0.853. The summed E-state index contributed by atoms with van der Waals surface area (Å²) in [7, 11) is 0. The lowest BCUT2D eigenvalue weighted by atomic mass is 10.2. The molecule has 0 heterocycles. The molecule has 0 aliphatic rings. The van der Waals surface area contributed by atoms with Crippen molar-refractivity contribution in [2.75, 3.05) is 11.9 Å². The first kappa shape index (κ1) is 13.1. The number of carbonyl (C=O) groups is 1. The molecule has 0 aromatic heterocycles. The number of hydrogen-bond acceptors (Lipinski definition) is 3. The third-order valence-corrected chi connectivity index (χ3v) is 2.64. The van der Waals surface area contributed by atoms with Gasteiger partial charge in [0.25, 0.3) is 0 Å². The zero-order valence-corrected chi connectivity index (χ0v) is 10.9. The van der Waals surface area contributed by atoms with Gasteiger partial charge in [-0.05, 0) is 43.3 Å². The van der Waals surface area contributed by atoms with E-state index >= 15 is 0 Å². The van der Waals surface area contributed by atoms with Gasteiger partial charge in [-0.25, -0.2) is 0 Å². The molecule has 0 atom stereocenters. The van der Waals surface area contributed by atoms with E-state index in [9.17, 15) is 4.79 Å². The van der Waals surface area contributed by atoms with E-state index in [1.165, 1.54) is 0 Å². The molecule has 0 amide bonds. The molecule has 2 aromatic rings. The Balaban J connectivity index is 1.89. The second-order valence-electron chi connectivity index (χ2n) is 4.32. The number of ether oxygens (including phenoxy) is 1. The van der Waals surface area contributed by atoms with Crippen molar-refractivity contribution in [1.82, 2.24) is 0 Å². The summed E-state index contributed by atoms with van der Waals surface area (Å²) >= 11 is 0. The average molecular weight is 255 g/mol. The molecule has 3 nitrogen and oxygen atoms in total. The highest BCUT2D eigenvalue weighted by Gasteiger charge is 1.98. The summed E-state index contributed by atoms with van der Waals surface area (Å²) in [6.07, 6.45) is 0.448.